The number of fused-ring (bicyclic) bond motifs is 8. The zero-order valence-corrected chi connectivity index (χ0v) is 39.5. The summed E-state index contributed by atoms with van der Waals surface area (Å²) in [7, 11) is 3.44. The van der Waals surface area contributed by atoms with Gasteiger partial charge in [-0.15, -0.1) is 0 Å². The SMILES string of the molecule is CCOC(=O)CCc1cc2ccoc2c2c1O[C@]13C=C[C@H]4SS[C@]5(CCCC6(CCCC6)C5)[C@@H](CC[C@H](C)CCC[C@H](O)[C@@]4(O1)[C@]1(O)C[C@@H]4C=C[C@@H](O)[C@@H](CO)[C@H]4[C@@]3(O)[C@H]1O)NCCO2. The van der Waals surface area contributed by atoms with E-state index >= 15 is 0 Å². The van der Waals surface area contributed by atoms with Crippen LogP contribution in [0.5, 0.6) is 11.5 Å². The first-order valence-corrected chi connectivity index (χ1v) is 26.7. The molecule has 1 aromatic heterocycles. The van der Waals surface area contributed by atoms with Crippen LogP contribution < -0.4 is 14.8 Å². The molecule has 2 aromatic rings. The molecule has 0 amide bonds. The van der Waals surface area contributed by atoms with Crippen molar-refractivity contribution in [2.45, 2.75) is 174 Å². The van der Waals surface area contributed by atoms with Crippen molar-refractivity contribution in [3.05, 3.63) is 48.3 Å². The van der Waals surface area contributed by atoms with Crippen molar-refractivity contribution >= 4 is 38.5 Å². The molecule has 1 aromatic carbocycles. The second-order valence-corrected chi connectivity index (χ2v) is 23.8. The van der Waals surface area contributed by atoms with Gasteiger partial charge in [-0.2, -0.15) is 0 Å². The molecule has 6 bridgehead atoms. The van der Waals surface area contributed by atoms with E-state index in [4.69, 9.17) is 23.4 Å². The molecular formula is C50H69NO12S2. The maximum absolute atomic E-state index is 13.9. The molecule has 15 heteroatoms. The first-order valence-electron chi connectivity index (χ1n) is 24.5. The lowest BCUT2D eigenvalue weighted by atomic mass is 9.46. The zero-order chi connectivity index (χ0) is 45.4. The van der Waals surface area contributed by atoms with Gasteiger partial charge in [0.05, 0.1) is 30.3 Å². The number of aliphatic hydroxyl groups is 6. The number of hydrogen-bond donors (Lipinski definition) is 7. The molecule has 9 aliphatic rings. The highest BCUT2D eigenvalue weighted by atomic mass is 33.1. The third-order valence-corrected chi connectivity index (χ3v) is 21.0. The predicted octanol–water partition coefficient (Wildman–Crippen LogP) is 6.28. The van der Waals surface area contributed by atoms with Crippen molar-refractivity contribution in [1.29, 1.82) is 0 Å². The molecule has 2 saturated heterocycles. The lowest BCUT2D eigenvalue weighted by Gasteiger charge is -2.72. The molecule has 7 N–H and O–H groups in total. The predicted molar refractivity (Wildman–Crippen MR) is 247 cm³/mol. The fourth-order valence-electron chi connectivity index (χ4n) is 14.2. The summed E-state index contributed by atoms with van der Waals surface area (Å²) in [5.74, 6) is -4.90. The van der Waals surface area contributed by atoms with Gasteiger partial charge in [-0.1, -0.05) is 78.8 Å². The number of hydrogen-bond acceptors (Lipinski definition) is 15. The van der Waals surface area contributed by atoms with Crippen LogP contribution in [0.3, 0.4) is 0 Å². The number of nitrogens with one attached hydrogen (secondary N) is 1. The molecule has 14 atom stereocenters. The maximum Gasteiger partial charge on any atom is 0.306 e. The monoisotopic (exact) mass is 939 g/mol. The topological polar surface area (TPSA) is 201 Å². The molecule has 5 fully saturated rings. The van der Waals surface area contributed by atoms with Crippen molar-refractivity contribution in [2.24, 2.45) is 29.1 Å². The number of aryl methyl sites for hydroxylation is 1. The number of rotatable bonds is 5. The van der Waals surface area contributed by atoms with Crippen molar-refractivity contribution in [3.8, 4) is 11.5 Å². The normalized spacial score (nSPS) is 43.5. The van der Waals surface area contributed by atoms with Gasteiger partial charge in [0.2, 0.25) is 5.75 Å². The van der Waals surface area contributed by atoms with Crippen LogP contribution in [-0.4, -0.2) is 120 Å². The molecule has 4 aliphatic carbocycles. The van der Waals surface area contributed by atoms with Gasteiger partial charge in [0.1, 0.15) is 23.9 Å². The Hall–Kier alpha value is -2.31. The van der Waals surface area contributed by atoms with Crippen LogP contribution in [-0.2, 0) is 20.7 Å². The van der Waals surface area contributed by atoms with E-state index in [1.165, 1.54) is 32.1 Å². The van der Waals surface area contributed by atoms with Crippen LogP contribution in [0.25, 0.3) is 11.0 Å². The number of carbonyl (C=O) groups excluding carboxylic acids is 1. The summed E-state index contributed by atoms with van der Waals surface area (Å²) >= 11 is 0. The highest BCUT2D eigenvalue weighted by Crippen LogP contribution is 2.69. The minimum absolute atomic E-state index is 0.0125. The van der Waals surface area contributed by atoms with E-state index in [2.05, 4.69) is 12.2 Å². The van der Waals surface area contributed by atoms with Gasteiger partial charge in [0, 0.05) is 47.6 Å². The average Bonchev–Trinajstić information content (AvgIpc) is 3.96. The maximum atomic E-state index is 13.9. The number of aliphatic hydroxyl groups excluding tert-OH is 4. The number of furan rings is 1. The molecule has 358 valence electrons. The zero-order valence-electron chi connectivity index (χ0n) is 37.8. The Labute approximate surface area is 389 Å². The van der Waals surface area contributed by atoms with Gasteiger partial charge in [-0.3, -0.25) is 4.79 Å². The van der Waals surface area contributed by atoms with E-state index < -0.39 is 76.5 Å². The van der Waals surface area contributed by atoms with Gasteiger partial charge in [0.15, 0.2) is 16.9 Å². The smallest absolute Gasteiger partial charge is 0.306 e. The van der Waals surface area contributed by atoms with Crippen LogP contribution >= 0.6 is 21.6 Å². The van der Waals surface area contributed by atoms with Gasteiger partial charge in [0.25, 0.3) is 5.79 Å². The molecular weight excluding hydrogens is 871 g/mol. The summed E-state index contributed by atoms with van der Waals surface area (Å²) in [5.41, 5.74) is -5.63. The van der Waals surface area contributed by atoms with Gasteiger partial charge in [-0.05, 0) is 112 Å². The minimum Gasteiger partial charge on any atom is -0.485 e. The van der Waals surface area contributed by atoms with Crippen molar-refractivity contribution < 1.29 is 58.8 Å². The van der Waals surface area contributed by atoms with Crippen LogP contribution in [0.15, 0.2) is 47.1 Å². The Bertz CT molecular complexity index is 2140. The molecule has 65 heavy (non-hydrogen) atoms. The largest absolute Gasteiger partial charge is 0.485 e. The van der Waals surface area contributed by atoms with Crippen LogP contribution in [0.4, 0.5) is 0 Å². The first kappa shape index (κ1) is 46.4. The standard InChI is InChI=1S/C50H69NO12S2/c1-3-59-39(55)15-12-31-26-32-17-24-60-41(32)43-42(31)62-48-22-16-38-50(63-48,47(57)27-33-11-13-35(53)34(28-52)40(33)49(48,58)44(47)56)37(54)9-6-8-30(2)10-14-36(51-23-25-61-43)46(65-64-38)21-7-20-45(29-46)18-4-5-19-45/h11,13,16-17,22,24,26,30,33-38,40,44,51-54,56-58H,3-10,12,14-15,18-21,23,25,27-29H2,1-2H3/t30-,33+,34-,35-,36-,37+,38-,40+,44+,46+,47+,48-,49-,50+/m1/s1. The molecule has 0 unspecified atom stereocenters. The molecule has 4 spiro atoms. The number of allylic oxidation sites excluding steroid dienone is 1. The summed E-state index contributed by atoms with van der Waals surface area (Å²) < 4.78 is 33.0. The molecule has 11 rings (SSSR count). The fraction of sp³-hybridized carbons (Fsp3) is 0.740. The Balaban J connectivity index is 1.22. The van der Waals surface area contributed by atoms with Crippen LogP contribution in [0.2, 0.25) is 0 Å². The second kappa shape index (κ2) is 17.6. The highest BCUT2D eigenvalue weighted by molar-refractivity contribution is 8.77. The quantitative estimate of drug-likeness (QED) is 0.100. The summed E-state index contributed by atoms with van der Waals surface area (Å²) in [4.78, 5) is 13.0. The Morgan fingerprint density at radius 2 is 1.80 bits per heavy atom. The first-order chi connectivity index (χ1) is 31.3. The van der Waals surface area contributed by atoms with Crippen LogP contribution in [0.1, 0.15) is 116 Å². The van der Waals surface area contributed by atoms with E-state index in [-0.39, 0.29) is 66.6 Å². The van der Waals surface area contributed by atoms with Crippen molar-refractivity contribution in [2.75, 3.05) is 26.4 Å². The van der Waals surface area contributed by atoms with E-state index in [0.29, 0.717) is 35.4 Å². The molecule has 0 radical (unpaired) electrons. The molecule has 5 aliphatic heterocycles. The number of esters is 1. The number of benzene rings is 1. The fourth-order valence-corrected chi connectivity index (χ4v) is 18.4. The second-order valence-electron chi connectivity index (χ2n) is 21.0. The van der Waals surface area contributed by atoms with Gasteiger partial charge < -0.3 is 59.3 Å². The number of carbonyl (C=O) groups is 1. The molecule has 6 heterocycles. The molecule has 13 nitrogen and oxygen atoms in total. The summed E-state index contributed by atoms with van der Waals surface area (Å²) in [6.07, 6.45) is 16.8. The van der Waals surface area contributed by atoms with Gasteiger partial charge >= 0.3 is 5.97 Å². The lowest BCUT2D eigenvalue weighted by molar-refractivity contribution is -0.457. The Morgan fingerprint density at radius 3 is 2.60 bits per heavy atom. The van der Waals surface area contributed by atoms with Gasteiger partial charge in [-0.25, -0.2) is 0 Å². The van der Waals surface area contributed by atoms with E-state index in [0.717, 1.165) is 38.5 Å². The van der Waals surface area contributed by atoms with E-state index in [1.54, 1.807) is 42.2 Å². The third-order valence-electron chi connectivity index (χ3n) is 17.4. The van der Waals surface area contributed by atoms with Crippen molar-refractivity contribution in [3.63, 3.8) is 0 Å². The summed E-state index contributed by atoms with van der Waals surface area (Å²) in [5, 5.41) is 80.3. The summed E-state index contributed by atoms with van der Waals surface area (Å²) in [6.45, 7) is 4.42. The van der Waals surface area contributed by atoms with Crippen LogP contribution in [0, 0.1) is 29.1 Å². The lowest BCUT2D eigenvalue weighted by Crippen LogP contribution is -2.91. The Kier molecular flexibility index (Phi) is 12.6. The van der Waals surface area contributed by atoms with Crippen molar-refractivity contribution in [1.82, 2.24) is 5.32 Å². The molecule has 3 saturated carbocycles. The highest BCUT2D eigenvalue weighted by Gasteiger charge is 2.84. The summed E-state index contributed by atoms with van der Waals surface area (Å²) in [6, 6.07) is 3.76. The van der Waals surface area contributed by atoms with E-state index in [9.17, 15) is 35.4 Å². The third kappa shape index (κ3) is 7.29. The minimum atomic E-state index is -2.54. The van der Waals surface area contributed by atoms with E-state index in [1.807, 2.05) is 29.0 Å². The number of ether oxygens (including phenoxy) is 4. The average molecular weight is 940 g/mol. The Morgan fingerprint density at radius 1 is 0.985 bits per heavy atom.